The number of aromatic carboxylic acids is 1. The molecular formula is C11H9BrN4O4S. The fourth-order valence-corrected chi connectivity index (χ4v) is 3.52. The molecule has 0 saturated carbocycles. The second kappa shape index (κ2) is 5.74. The Hall–Kier alpha value is -2.07. The zero-order valence-electron chi connectivity index (χ0n) is 10.6. The van der Waals surface area contributed by atoms with Gasteiger partial charge in [-0.15, -0.1) is 5.10 Å². The zero-order valence-corrected chi connectivity index (χ0v) is 13.0. The third kappa shape index (κ3) is 3.34. The molecule has 1 aromatic heterocycles. The summed E-state index contributed by atoms with van der Waals surface area (Å²) in [5, 5.41) is 16.0. The number of aromatic nitrogens is 3. The van der Waals surface area contributed by atoms with Gasteiger partial charge < -0.3 is 5.11 Å². The van der Waals surface area contributed by atoms with Gasteiger partial charge in [-0.05, 0) is 40.5 Å². The average molecular weight is 373 g/mol. The molecule has 0 fully saturated rings. The Kier molecular flexibility index (Phi) is 4.19. The second-order valence-corrected chi connectivity index (χ2v) is 6.43. The lowest BCUT2D eigenvalue weighted by Crippen LogP contribution is -2.17. The third-order valence-corrected chi connectivity index (χ3v) is 5.13. The molecule has 10 heteroatoms. The summed E-state index contributed by atoms with van der Waals surface area (Å²) in [6.45, 7) is 1.59. The maximum absolute atomic E-state index is 12.3. The van der Waals surface area contributed by atoms with Gasteiger partial charge in [0.15, 0.2) is 0 Å². The van der Waals surface area contributed by atoms with Crippen LogP contribution in [0, 0.1) is 6.92 Å². The number of sulfonamides is 1. The van der Waals surface area contributed by atoms with Gasteiger partial charge in [-0.25, -0.2) is 22.9 Å². The molecule has 0 radical (unpaired) electrons. The molecule has 0 aliphatic rings. The Morgan fingerprint density at radius 1 is 1.33 bits per heavy atom. The van der Waals surface area contributed by atoms with Crippen molar-refractivity contribution in [1.29, 1.82) is 0 Å². The van der Waals surface area contributed by atoms with Crippen molar-refractivity contribution in [2.45, 2.75) is 11.8 Å². The quantitative estimate of drug-likeness (QED) is 0.832. The predicted octanol–water partition coefficient (Wildman–Crippen LogP) is 1.44. The maximum Gasteiger partial charge on any atom is 0.335 e. The number of nitrogens with zero attached hydrogens (tertiary/aromatic N) is 3. The normalized spacial score (nSPS) is 11.1. The van der Waals surface area contributed by atoms with Crippen molar-refractivity contribution in [2.75, 3.05) is 4.72 Å². The number of carboxylic acid groups (broad SMARTS) is 1. The van der Waals surface area contributed by atoms with Crippen LogP contribution in [0.15, 0.2) is 33.9 Å². The van der Waals surface area contributed by atoms with Crippen LogP contribution in [0.25, 0.3) is 0 Å². The zero-order chi connectivity index (χ0) is 15.6. The molecule has 8 nitrogen and oxygen atoms in total. The fourth-order valence-electron chi connectivity index (χ4n) is 1.53. The minimum absolute atomic E-state index is 0.136. The van der Waals surface area contributed by atoms with Gasteiger partial charge >= 0.3 is 5.97 Å². The van der Waals surface area contributed by atoms with Crippen LogP contribution in [-0.2, 0) is 10.0 Å². The van der Waals surface area contributed by atoms with E-state index in [2.05, 4.69) is 35.8 Å². The van der Waals surface area contributed by atoms with Gasteiger partial charge in [-0.3, -0.25) is 0 Å². The molecule has 2 rings (SSSR count). The number of nitrogens with one attached hydrogen (secondary N) is 1. The highest BCUT2D eigenvalue weighted by atomic mass is 79.9. The summed E-state index contributed by atoms with van der Waals surface area (Å²) in [7, 11) is -4.05. The van der Waals surface area contributed by atoms with Crippen LogP contribution < -0.4 is 4.72 Å². The van der Waals surface area contributed by atoms with Crippen LogP contribution in [-0.4, -0.2) is 34.7 Å². The number of hydrogen-bond acceptors (Lipinski definition) is 6. The molecule has 0 atom stereocenters. The van der Waals surface area contributed by atoms with Crippen molar-refractivity contribution in [3.8, 4) is 0 Å². The molecule has 0 aliphatic heterocycles. The number of anilines is 1. The number of benzene rings is 1. The van der Waals surface area contributed by atoms with E-state index in [9.17, 15) is 13.2 Å². The standard InChI is InChI=1S/C11H9BrN4O4S/c1-6-4-7(10(17)18)5-8(9(6)12)21(19,20)16-11-13-2-3-14-15-11/h2-5H,1H3,(H,17,18)(H,13,15,16). The highest BCUT2D eigenvalue weighted by Crippen LogP contribution is 2.28. The molecule has 2 N–H and O–H groups in total. The van der Waals surface area contributed by atoms with Crippen molar-refractivity contribution in [2.24, 2.45) is 0 Å². The summed E-state index contributed by atoms with van der Waals surface area (Å²) in [6, 6.07) is 2.42. The van der Waals surface area contributed by atoms with E-state index in [0.29, 0.717) is 5.56 Å². The Labute approximate surface area is 128 Å². The molecule has 0 saturated heterocycles. The highest BCUT2D eigenvalue weighted by molar-refractivity contribution is 9.10. The topological polar surface area (TPSA) is 122 Å². The van der Waals surface area contributed by atoms with Gasteiger partial charge in [-0.1, -0.05) is 0 Å². The Morgan fingerprint density at radius 3 is 2.62 bits per heavy atom. The summed E-state index contributed by atoms with van der Waals surface area (Å²) < 4.78 is 27.0. The number of carboxylic acids is 1. The van der Waals surface area contributed by atoms with Gasteiger partial charge in [0.1, 0.15) is 4.90 Å². The van der Waals surface area contributed by atoms with E-state index >= 15 is 0 Å². The fraction of sp³-hybridized carbons (Fsp3) is 0.0909. The Bertz CT molecular complexity index is 795. The van der Waals surface area contributed by atoms with Crippen molar-refractivity contribution < 1.29 is 18.3 Å². The smallest absolute Gasteiger partial charge is 0.335 e. The predicted molar refractivity (Wildman–Crippen MR) is 76.5 cm³/mol. The van der Waals surface area contributed by atoms with Gasteiger partial charge in [0.25, 0.3) is 16.0 Å². The first kappa shape index (κ1) is 15.3. The minimum atomic E-state index is -4.05. The molecule has 1 aromatic carbocycles. The number of carbonyl (C=O) groups is 1. The summed E-state index contributed by atoms with van der Waals surface area (Å²) in [5.41, 5.74) is 0.338. The lowest BCUT2D eigenvalue weighted by molar-refractivity contribution is 0.0696. The Balaban J connectivity index is 2.52. The molecule has 0 bridgehead atoms. The molecular weight excluding hydrogens is 364 g/mol. The first-order valence-electron chi connectivity index (χ1n) is 5.51. The summed E-state index contributed by atoms with van der Waals surface area (Å²) in [5.74, 6) is -1.43. The van der Waals surface area contributed by atoms with E-state index in [4.69, 9.17) is 5.11 Å². The van der Waals surface area contributed by atoms with Crippen molar-refractivity contribution in [3.63, 3.8) is 0 Å². The van der Waals surface area contributed by atoms with Crippen LogP contribution in [0.4, 0.5) is 5.95 Å². The first-order valence-corrected chi connectivity index (χ1v) is 7.79. The molecule has 0 aliphatic carbocycles. The van der Waals surface area contributed by atoms with Crippen LogP contribution in [0.5, 0.6) is 0 Å². The summed E-state index contributed by atoms with van der Waals surface area (Å²) >= 11 is 3.14. The van der Waals surface area contributed by atoms with Crippen LogP contribution in [0.1, 0.15) is 15.9 Å². The van der Waals surface area contributed by atoms with Crippen LogP contribution >= 0.6 is 15.9 Å². The lowest BCUT2D eigenvalue weighted by atomic mass is 10.1. The number of rotatable bonds is 4. The molecule has 1 heterocycles. The van der Waals surface area contributed by atoms with Crippen molar-refractivity contribution >= 4 is 37.9 Å². The molecule has 0 spiro atoms. The van der Waals surface area contributed by atoms with Gasteiger partial charge in [-0.2, -0.15) is 5.10 Å². The van der Waals surface area contributed by atoms with E-state index in [-0.39, 0.29) is 20.9 Å². The van der Waals surface area contributed by atoms with Gasteiger partial charge in [0.2, 0.25) is 0 Å². The van der Waals surface area contributed by atoms with Gasteiger partial charge in [0.05, 0.1) is 18.0 Å². The molecule has 0 unspecified atom stereocenters. The van der Waals surface area contributed by atoms with Gasteiger partial charge in [0, 0.05) is 4.47 Å². The average Bonchev–Trinajstić information content (AvgIpc) is 2.41. The molecule has 0 amide bonds. The largest absolute Gasteiger partial charge is 0.478 e. The van der Waals surface area contributed by atoms with Crippen molar-refractivity contribution in [1.82, 2.24) is 15.2 Å². The van der Waals surface area contributed by atoms with Crippen LogP contribution in [0.3, 0.4) is 0 Å². The third-order valence-electron chi connectivity index (χ3n) is 2.47. The van der Waals surface area contributed by atoms with E-state index in [1.54, 1.807) is 6.92 Å². The highest BCUT2D eigenvalue weighted by Gasteiger charge is 2.22. The second-order valence-electron chi connectivity index (χ2n) is 3.98. The first-order chi connectivity index (χ1) is 9.81. The lowest BCUT2D eigenvalue weighted by Gasteiger charge is -2.10. The van der Waals surface area contributed by atoms with E-state index in [1.165, 1.54) is 18.5 Å². The monoisotopic (exact) mass is 372 g/mol. The molecule has 2 aromatic rings. The van der Waals surface area contributed by atoms with Crippen LogP contribution in [0.2, 0.25) is 0 Å². The van der Waals surface area contributed by atoms with Crippen molar-refractivity contribution in [3.05, 3.63) is 40.1 Å². The van der Waals surface area contributed by atoms with E-state index in [0.717, 1.165) is 6.07 Å². The number of halogens is 1. The molecule has 21 heavy (non-hydrogen) atoms. The minimum Gasteiger partial charge on any atom is -0.478 e. The molecule has 110 valence electrons. The summed E-state index contributed by atoms with van der Waals surface area (Å²) in [4.78, 5) is 14.5. The SMILES string of the molecule is Cc1cc(C(=O)O)cc(S(=O)(=O)Nc2nccnn2)c1Br. The number of hydrogen-bond donors (Lipinski definition) is 2. The van der Waals surface area contributed by atoms with E-state index < -0.39 is 16.0 Å². The van der Waals surface area contributed by atoms with E-state index in [1.807, 2.05) is 0 Å². The number of aryl methyl sites for hydroxylation is 1. The Morgan fingerprint density at radius 2 is 2.05 bits per heavy atom. The summed E-state index contributed by atoms with van der Waals surface area (Å²) in [6.07, 6.45) is 2.57. The maximum atomic E-state index is 12.3.